The molecule has 0 saturated heterocycles. The van der Waals surface area contributed by atoms with Crippen LogP contribution in [-0.4, -0.2) is 43.7 Å². The van der Waals surface area contributed by atoms with Crippen LogP contribution in [0.5, 0.6) is 11.5 Å². The van der Waals surface area contributed by atoms with Gasteiger partial charge < -0.3 is 20.1 Å². The van der Waals surface area contributed by atoms with Gasteiger partial charge in [0.2, 0.25) is 0 Å². The van der Waals surface area contributed by atoms with Crippen molar-refractivity contribution in [1.29, 1.82) is 0 Å². The maximum absolute atomic E-state index is 12.6. The number of hydrogen-bond acceptors (Lipinski definition) is 6. The number of anilines is 1. The first kappa shape index (κ1) is 30.4. The first-order valence-corrected chi connectivity index (χ1v) is 13.6. The van der Waals surface area contributed by atoms with E-state index in [2.05, 4.69) is 37.1 Å². The molecule has 0 atom stereocenters. The van der Waals surface area contributed by atoms with E-state index < -0.39 is 11.8 Å². The monoisotopic (exact) mass is 608 g/mol. The fourth-order valence-electron chi connectivity index (χ4n) is 4.02. The number of rotatable bonds is 11. The molecule has 0 spiro atoms. The van der Waals surface area contributed by atoms with Gasteiger partial charge in [-0.15, -0.1) is 0 Å². The molecule has 0 heterocycles. The van der Waals surface area contributed by atoms with Crippen molar-refractivity contribution in [3.8, 4) is 11.5 Å². The van der Waals surface area contributed by atoms with E-state index in [4.69, 9.17) is 9.47 Å². The van der Waals surface area contributed by atoms with Crippen molar-refractivity contribution in [3.63, 3.8) is 0 Å². The quantitative estimate of drug-likeness (QED) is 0.167. The van der Waals surface area contributed by atoms with Crippen LogP contribution >= 0.6 is 15.9 Å². The Bertz CT molecular complexity index is 1370. The summed E-state index contributed by atoms with van der Waals surface area (Å²) in [7, 11) is 0. The van der Waals surface area contributed by atoms with Crippen molar-refractivity contribution in [1.82, 2.24) is 10.7 Å². The lowest BCUT2D eigenvalue weighted by molar-refractivity contribution is -0.139. The molecule has 0 aliphatic heterocycles. The third-order valence-electron chi connectivity index (χ3n) is 5.75. The number of halogens is 1. The fraction of sp³-hybridized carbons (Fsp3) is 0.267. The van der Waals surface area contributed by atoms with E-state index in [1.54, 1.807) is 12.1 Å². The molecule has 3 rings (SSSR count). The SMILES string of the molecule is CCOc1cc(C=NNC(=O)C(=O)NCCc2ccccc2)cc(Br)c1OCC(=O)Nc1c(C)cc(C)cc1C. The Labute approximate surface area is 242 Å². The number of amides is 3. The van der Waals surface area contributed by atoms with Crippen LogP contribution in [0.2, 0.25) is 0 Å². The van der Waals surface area contributed by atoms with Gasteiger partial charge in [-0.05, 0) is 84.4 Å². The zero-order valence-corrected chi connectivity index (χ0v) is 24.6. The van der Waals surface area contributed by atoms with E-state index in [-0.39, 0.29) is 12.5 Å². The molecule has 3 N–H and O–H groups in total. The van der Waals surface area contributed by atoms with Crippen molar-refractivity contribution in [2.45, 2.75) is 34.1 Å². The number of aryl methyl sites for hydroxylation is 3. The predicted octanol–water partition coefficient (Wildman–Crippen LogP) is 4.60. The van der Waals surface area contributed by atoms with Crippen molar-refractivity contribution in [3.05, 3.63) is 86.9 Å². The Morgan fingerprint density at radius 3 is 2.33 bits per heavy atom. The Hall–Kier alpha value is -4.18. The van der Waals surface area contributed by atoms with Gasteiger partial charge in [0, 0.05) is 12.2 Å². The van der Waals surface area contributed by atoms with Gasteiger partial charge in [0.05, 0.1) is 17.3 Å². The molecule has 3 aromatic rings. The number of nitrogens with zero attached hydrogens (tertiary/aromatic N) is 1. The Kier molecular flexibility index (Phi) is 11.3. The van der Waals surface area contributed by atoms with Crippen LogP contribution in [0, 0.1) is 20.8 Å². The number of ether oxygens (including phenoxy) is 2. The number of benzene rings is 3. The van der Waals surface area contributed by atoms with Crippen LogP contribution in [0.3, 0.4) is 0 Å². The summed E-state index contributed by atoms with van der Waals surface area (Å²) in [6.45, 7) is 8.18. The Morgan fingerprint density at radius 1 is 0.950 bits per heavy atom. The van der Waals surface area contributed by atoms with Gasteiger partial charge in [0.15, 0.2) is 18.1 Å². The van der Waals surface area contributed by atoms with E-state index in [0.717, 1.165) is 27.9 Å². The predicted molar refractivity (Wildman–Crippen MR) is 159 cm³/mol. The highest BCUT2D eigenvalue weighted by atomic mass is 79.9. The number of carbonyl (C=O) groups is 3. The van der Waals surface area contributed by atoms with E-state index in [0.29, 0.717) is 41.1 Å². The number of hydrazone groups is 1. The number of hydrogen-bond donors (Lipinski definition) is 3. The summed E-state index contributed by atoms with van der Waals surface area (Å²) < 4.78 is 12.0. The van der Waals surface area contributed by atoms with Gasteiger partial charge in [-0.2, -0.15) is 5.10 Å². The summed E-state index contributed by atoms with van der Waals surface area (Å²) in [5, 5.41) is 9.36. The molecular formula is C30H33BrN4O5. The molecule has 9 nitrogen and oxygen atoms in total. The molecule has 0 aliphatic carbocycles. The number of nitrogens with one attached hydrogen (secondary N) is 3. The third kappa shape index (κ3) is 8.94. The summed E-state index contributed by atoms with van der Waals surface area (Å²) >= 11 is 3.46. The highest BCUT2D eigenvalue weighted by Gasteiger charge is 2.16. The average Bonchev–Trinajstić information content (AvgIpc) is 2.91. The van der Waals surface area contributed by atoms with Gasteiger partial charge in [0.1, 0.15) is 0 Å². The summed E-state index contributed by atoms with van der Waals surface area (Å²) in [6, 6.07) is 17.0. The maximum atomic E-state index is 12.6. The smallest absolute Gasteiger partial charge is 0.329 e. The fourth-order valence-corrected chi connectivity index (χ4v) is 4.59. The lowest BCUT2D eigenvalue weighted by Crippen LogP contribution is -2.38. The zero-order valence-electron chi connectivity index (χ0n) is 23.0. The van der Waals surface area contributed by atoms with E-state index >= 15 is 0 Å². The lowest BCUT2D eigenvalue weighted by atomic mass is 10.1. The zero-order chi connectivity index (χ0) is 29.1. The normalized spacial score (nSPS) is 10.7. The molecule has 0 bridgehead atoms. The number of carbonyl (C=O) groups excluding carboxylic acids is 3. The molecule has 3 amide bonds. The molecule has 0 unspecified atom stereocenters. The molecule has 210 valence electrons. The highest BCUT2D eigenvalue weighted by molar-refractivity contribution is 9.10. The van der Waals surface area contributed by atoms with Crippen LogP contribution in [-0.2, 0) is 20.8 Å². The molecule has 10 heteroatoms. The van der Waals surface area contributed by atoms with Crippen LogP contribution in [0.1, 0.15) is 34.7 Å². The standard InChI is InChI=1S/C30H33BrN4O5/c1-5-39-25-16-23(17-33-35-30(38)29(37)32-12-11-22-9-7-6-8-10-22)15-24(31)28(25)40-18-26(36)34-27-20(3)13-19(2)14-21(27)4/h6-10,13-17H,5,11-12,18H2,1-4H3,(H,32,37)(H,34,36)(H,35,38). The summed E-state index contributed by atoms with van der Waals surface area (Å²) in [5.41, 5.74) is 7.69. The average molecular weight is 610 g/mol. The molecule has 40 heavy (non-hydrogen) atoms. The minimum absolute atomic E-state index is 0.228. The van der Waals surface area contributed by atoms with Crippen LogP contribution in [0.25, 0.3) is 0 Å². The van der Waals surface area contributed by atoms with Gasteiger partial charge in [-0.25, -0.2) is 5.43 Å². The lowest BCUT2D eigenvalue weighted by Gasteiger charge is -2.16. The summed E-state index contributed by atoms with van der Waals surface area (Å²) in [5.74, 6) is -1.22. The highest BCUT2D eigenvalue weighted by Crippen LogP contribution is 2.36. The Balaban J connectivity index is 1.57. The van der Waals surface area contributed by atoms with Crippen molar-refractivity contribution in [2.75, 3.05) is 25.1 Å². The minimum atomic E-state index is -0.876. The second kappa shape index (κ2) is 14.8. The first-order chi connectivity index (χ1) is 19.2. The van der Waals surface area contributed by atoms with Gasteiger partial charge >= 0.3 is 11.8 Å². The van der Waals surface area contributed by atoms with Crippen molar-refractivity contribution >= 4 is 45.6 Å². The second-order valence-corrected chi connectivity index (χ2v) is 9.92. The first-order valence-electron chi connectivity index (χ1n) is 12.8. The summed E-state index contributed by atoms with van der Waals surface area (Å²) in [4.78, 5) is 36.7. The molecule has 0 fully saturated rings. The van der Waals surface area contributed by atoms with Gasteiger partial charge in [-0.1, -0.05) is 48.0 Å². The topological polar surface area (TPSA) is 118 Å². The molecule has 3 aromatic carbocycles. The third-order valence-corrected chi connectivity index (χ3v) is 6.34. The molecular weight excluding hydrogens is 576 g/mol. The largest absolute Gasteiger partial charge is 0.490 e. The molecule has 0 aromatic heterocycles. The van der Waals surface area contributed by atoms with E-state index in [1.807, 2.05) is 70.2 Å². The van der Waals surface area contributed by atoms with Gasteiger partial charge in [-0.3, -0.25) is 14.4 Å². The molecule has 0 radical (unpaired) electrons. The van der Waals surface area contributed by atoms with Crippen LogP contribution < -0.4 is 25.5 Å². The van der Waals surface area contributed by atoms with Crippen LogP contribution in [0.15, 0.2) is 64.2 Å². The van der Waals surface area contributed by atoms with Crippen molar-refractivity contribution in [2.24, 2.45) is 5.10 Å². The second-order valence-electron chi connectivity index (χ2n) is 9.06. The minimum Gasteiger partial charge on any atom is -0.490 e. The van der Waals surface area contributed by atoms with Gasteiger partial charge in [0.25, 0.3) is 5.91 Å². The van der Waals surface area contributed by atoms with Crippen LogP contribution in [0.4, 0.5) is 5.69 Å². The van der Waals surface area contributed by atoms with E-state index in [9.17, 15) is 14.4 Å². The maximum Gasteiger partial charge on any atom is 0.329 e. The summed E-state index contributed by atoms with van der Waals surface area (Å²) in [6.07, 6.45) is 1.99. The van der Waals surface area contributed by atoms with Crippen molar-refractivity contribution < 1.29 is 23.9 Å². The van der Waals surface area contributed by atoms with E-state index in [1.165, 1.54) is 6.21 Å². The molecule has 0 saturated carbocycles. The Morgan fingerprint density at radius 2 is 1.65 bits per heavy atom. The molecule has 0 aliphatic rings.